The predicted octanol–water partition coefficient (Wildman–Crippen LogP) is 1.42. The lowest BCUT2D eigenvalue weighted by Gasteiger charge is -2.09. The number of hydrogen-bond acceptors (Lipinski definition) is 3. The van der Waals surface area contributed by atoms with E-state index in [0.29, 0.717) is 6.04 Å². The van der Waals surface area contributed by atoms with Gasteiger partial charge in [0.25, 0.3) is 0 Å². The van der Waals surface area contributed by atoms with Crippen LogP contribution in [0.4, 0.5) is 0 Å². The van der Waals surface area contributed by atoms with Crippen molar-refractivity contribution in [2.75, 3.05) is 13.2 Å². The Kier molecular flexibility index (Phi) is 3.61. The van der Waals surface area contributed by atoms with Gasteiger partial charge in [-0.1, -0.05) is 6.92 Å². The minimum absolute atomic E-state index is 0.527. The van der Waals surface area contributed by atoms with Crippen molar-refractivity contribution in [3.05, 3.63) is 12.4 Å². The van der Waals surface area contributed by atoms with Gasteiger partial charge in [-0.05, 0) is 25.8 Å². The SMILES string of the molecule is CCCn1cc(OC[C@@H]2CCCN2)cn1. The van der Waals surface area contributed by atoms with E-state index < -0.39 is 0 Å². The van der Waals surface area contributed by atoms with Crippen LogP contribution < -0.4 is 10.1 Å². The highest BCUT2D eigenvalue weighted by atomic mass is 16.5. The fraction of sp³-hybridized carbons (Fsp3) is 0.727. The van der Waals surface area contributed by atoms with Crippen LogP contribution in [-0.4, -0.2) is 29.0 Å². The Hall–Kier alpha value is -1.03. The third-order valence-electron chi connectivity index (χ3n) is 2.68. The minimum atomic E-state index is 0.527. The zero-order chi connectivity index (χ0) is 10.5. The molecule has 1 saturated heterocycles. The van der Waals surface area contributed by atoms with E-state index in [4.69, 9.17) is 4.74 Å². The van der Waals surface area contributed by atoms with Gasteiger partial charge in [0.05, 0.1) is 12.4 Å². The average Bonchev–Trinajstić information content (AvgIpc) is 2.85. The van der Waals surface area contributed by atoms with E-state index in [-0.39, 0.29) is 0 Å². The van der Waals surface area contributed by atoms with Gasteiger partial charge in [-0.3, -0.25) is 4.68 Å². The molecule has 0 spiro atoms. The van der Waals surface area contributed by atoms with Gasteiger partial charge in [0, 0.05) is 12.6 Å². The second-order valence-electron chi connectivity index (χ2n) is 4.04. The maximum Gasteiger partial charge on any atom is 0.157 e. The van der Waals surface area contributed by atoms with E-state index in [1.807, 2.05) is 10.9 Å². The largest absolute Gasteiger partial charge is 0.489 e. The van der Waals surface area contributed by atoms with Gasteiger partial charge in [0.15, 0.2) is 5.75 Å². The third kappa shape index (κ3) is 2.96. The summed E-state index contributed by atoms with van der Waals surface area (Å²) < 4.78 is 7.60. The number of nitrogens with zero attached hydrogens (tertiary/aromatic N) is 2. The van der Waals surface area contributed by atoms with Crippen LogP contribution in [0.2, 0.25) is 0 Å². The van der Waals surface area contributed by atoms with Crippen LogP contribution >= 0.6 is 0 Å². The standard InChI is InChI=1S/C11H19N3O/c1-2-6-14-8-11(7-13-14)15-9-10-4-3-5-12-10/h7-8,10,12H,2-6,9H2,1H3/t10-/m0/s1. The molecule has 0 aliphatic carbocycles. The van der Waals surface area contributed by atoms with Gasteiger partial charge >= 0.3 is 0 Å². The first-order valence-corrected chi connectivity index (χ1v) is 5.77. The summed E-state index contributed by atoms with van der Waals surface area (Å²) in [4.78, 5) is 0. The molecular formula is C11H19N3O. The Bertz CT molecular complexity index is 292. The van der Waals surface area contributed by atoms with Crippen molar-refractivity contribution in [3.63, 3.8) is 0 Å². The number of ether oxygens (including phenoxy) is 1. The molecule has 0 aromatic carbocycles. The first-order chi connectivity index (χ1) is 7.38. The molecule has 15 heavy (non-hydrogen) atoms. The smallest absolute Gasteiger partial charge is 0.157 e. The number of nitrogens with one attached hydrogen (secondary N) is 1. The number of aryl methyl sites for hydroxylation is 1. The maximum atomic E-state index is 5.67. The quantitative estimate of drug-likeness (QED) is 0.797. The van der Waals surface area contributed by atoms with Crippen molar-refractivity contribution in [1.29, 1.82) is 0 Å². The number of hydrogen-bond donors (Lipinski definition) is 1. The van der Waals surface area contributed by atoms with Gasteiger partial charge in [0.1, 0.15) is 6.61 Å². The molecule has 4 heteroatoms. The molecule has 1 aromatic rings. The van der Waals surface area contributed by atoms with Crippen LogP contribution in [0, 0.1) is 0 Å². The molecule has 0 saturated carbocycles. The maximum absolute atomic E-state index is 5.67. The molecule has 1 N–H and O–H groups in total. The lowest BCUT2D eigenvalue weighted by molar-refractivity contribution is 0.277. The van der Waals surface area contributed by atoms with E-state index in [1.165, 1.54) is 12.8 Å². The summed E-state index contributed by atoms with van der Waals surface area (Å²) in [6, 6.07) is 0.527. The molecule has 1 aliphatic heterocycles. The van der Waals surface area contributed by atoms with Gasteiger partial charge in [0.2, 0.25) is 0 Å². The molecule has 2 rings (SSSR count). The lowest BCUT2D eigenvalue weighted by atomic mass is 10.2. The van der Waals surface area contributed by atoms with Crippen molar-refractivity contribution in [1.82, 2.24) is 15.1 Å². The highest BCUT2D eigenvalue weighted by Crippen LogP contribution is 2.11. The van der Waals surface area contributed by atoms with Crippen LogP contribution in [0.15, 0.2) is 12.4 Å². The fourth-order valence-corrected chi connectivity index (χ4v) is 1.87. The van der Waals surface area contributed by atoms with E-state index in [0.717, 1.165) is 31.9 Å². The fourth-order valence-electron chi connectivity index (χ4n) is 1.87. The first-order valence-electron chi connectivity index (χ1n) is 5.77. The molecule has 0 amide bonds. The summed E-state index contributed by atoms with van der Waals surface area (Å²) in [5.74, 6) is 0.886. The lowest BCUT2D eigenvalue weighted by Crippen LogP contribution is -2.28. The van der Waals surface area contributed by atoms with Crippen molar-refractivity contribution >= 4 is 0 Å². The minimum Gasteiger partial charge on any atom is -0.489 e. The molecule has 1 fully saturated rings. The van der Waals surface area contributed by atoms with Crippen molar-refractivity contribution in [3.8, 4) is 5.75 Å². The molecule has 1 atom stereocenters. The zero-order valence-corrected chi connectivity index (χ0v) is 9.28. The Balaban J connectivity index is 1.77. The van der Waals surface area contributed by atoms with Crippen LogP contribution in [0.3, 0.4) is 0 Å². The Morgan fingerprint density at radius 3 is 3.33 bits per heavy atom. The Morgan fingerprint density at radius 1 is 1.67 bits per heavy atom. The van der Waals surface area contributed by atoms with Crippen molar-refractivity contribution in [2.45, 2.75) is 38.8 Å². The molecule has 0 radical (unpaired) electrons. The molecule has 4 nitrogen and oxygen atoms in total. The van der Waals surface area contributed by atoms with Gasteiger partial charge in [-0.15, -0.1) is 0 Å². The summed E-state index contributed by atoms with van der Waals surface area (Å²) in [7, 11) is 0. The molecule has 1 aliphatic rings. The highest BCUT2D eigenvalue weighted by Gasteiger charge is 2.14. The van der Waals surface area contributed by atoms with E-state index >= 15 is 0 Å². The Morgan fingerprint density at radius 2 is 2.60 bits per heavy atom. The van der Waals surface area contributed by atoms with Gasteiger partial charge in [-0.25, -0.2) is 0 Å². The highest BCUT2D eigenvalue weighted by molar-refractivity contribution is 5.11. The van der Waals surface area contributed by atoms with Crippen LogP contribution in [0.1, 0.15) is 26.2 Å². The molecule has 0 unspecified atom stereocenters. The Labute approximate surface area is 90.6 Å². The second kappa shape index (κ2) is 5.16. The van der Waals surface area contributed by atoms with Gasteiger partial charge in [-0.2, -0.15) is 5.10 Å². The van der Waals surface area contributed by atoms with Crippen LogP contribution in [-0.2, 0) is 6.54 Å². The topological polar surface area (TPSA) is 39.1 Å². The summed E-state index contributed by atoms with van der Waals surface area (Å²) >= 11 is 0. The number of rotatable bonds is 5. The average molecular weight is 209 g/mol. The summed E-state index contributed by atoms with van der Waals surface area (Å²) in [5, 5.41) is 7.63. The second-order valence-corrected chi connectivity index (χ2v) is 4.04. The third-order valence-corrected chi connectivity index (χ3v) is 2.68. The molecular weight excluding hydrogens is 190 g/mol. The van der Waals surface area contributed by atoms with E-state index in [2.05, 4.69) is 17.3 Å². The predicted molar refractivity (Wildman–Crippen MR) is 59.0 cm³/mol. The van der Waals surface area contributed by atoms with Crippen molar-refractivity contribution < 1.29 is 4.74 Å². The summed E-state index contributed by atoms with van der Waals surface area (Å²) in [6.07, 6.45) is 7.36. The van der Waals surface area contributed by atoms with Crippen LogP contribution in [0.5, 0.6) is 5.75 Å². The first kappa shape index (κ1) is 10.5. The number of aromatic nitrogens is 2. The molecule has 1 aromatic heterocycles. The van der Waals surface area contributed by atoms with Gasteiger partial charge < -0.3 is 10.1 Å². The van der Waals surface area contributed by atoms with E-state index in [1.54, 1.807) is 6.20 Å². The summed E-state index contributed by atoms with van der Waals surface area (Å²) in [6.45, 7) is 5.00. The van der Waals surface area contributed by atoms with E-state index in [9.17, 15) is 0 Å². The van der Waals surface area contributed by atoms with Crippen molar-refractivity contribution in [2.24, 2.45) is 0 Å². The summed E-state index contributed by atoms with van der Waals surface area (Å²) in [5.41, 5.74) is 0. The zero-order valence-electron chi connectivity index (χ0n) is 9.28. The van der Waals surface area contributed by atoms with Crippen LogP contribution in [0.25, 0.3) is 0 Å². The molecule has 84 valence electrons. The molecule has 2 heterocycles. The monoisotopic (exact) mass is 209 g/mol. The molecule has 0 bridgehead atoms. The normalized spacial score (nSPS) is 20.7.